The molecule has 0 aliphatic heterocycles. The van der Waals surface area contributed by atoms with Gasteiger partial charge in [-0.05, 0) is 12.1 Å². The summed E-state index contributed by atoms with van der Waals surface area (Å²) >= 11 is 0. The molecule has 4 heteroatoms. The van der Waals surface area contributed by atoms with Crippen LogP contribution in [0.15, 0.2) is 24.5 Å². The molecule has 0 aliphatic carbocycles. The molecular formula is C6H6N4. The molecule has 0 spiro atoms. The van der Waals surface area contributed by atoms with Crippen molar-refractivity contribution in [2.24, 2.45) is 0 Å². The van der Waals surface area contributed by atoms with Gasteiger partial charge in [-0.3, -0.25) is 0 Å². The van der Waals surface area contributed by atoms with Crippen LogP contribution >= 0.6 is 0 Å². The molecule has 0 fully saturated rings. The molecule has 2 aromatic rings. The van der Waals surface area contributed by atoms with Crippen LogP contribution in [-0.4, -0.2) is 14.8 Å². The van der Waals surface area contributed by atoms with Gasteiger partial charge in [-0.1, -0.05) is 5.21 Å². The third-order valence-corrected chi connectivity index (χ3v) is 1.37. The fourth-order valence-electron chi connectivity index (χ4n) is 0.874. The summed E-state index contributed by atoms with van der Waals surface area (Å²) in [4.78, 5) is 0. The van der Waals surface area contributed by atoms with Crippen molar-refractivity contribution >= 4 is 11.2 Å². The maximum absolute atomic E-state index is 5.60. The first-order valence-corrected chi connectivity index (χ1v) is 2.92. The van der Waals surface area contributed by atoms with E-state index in [9.17, 15) is 0 Å². The number of nitrogen functional groups attached to an aromatic ring is 1. The highest BCUT2D eigenvalue weighted by molar-refractivity contribution is 5.67. The van der Waals surface area contributed by atoms with Gasteiger partial charge in [0.2, 0.25) is 0 Å². The Hall–Kier alpha value is -1.58. The number of anilines is 1. The Morgan fingerprint density at radius 3 is 3.20 bits per heavy atom. The van der Waals surface area contributed by atoms with E-state index in [4.69, 9.17) is 5.73 Å². The Balaban J connectivity index is 2.95. The van der Waals surface area contributed by atoms with E-state index in [2.05, 4.69) is 10.3 Å². The molecule has 0 aliphatic rings. The molecule has 2 N–H and O–H groups in total. The second kappa shape index (κ2) is 1.70. The van der Waals surface area contributed by atoms with Crippen LogP contribution < -0.4 is 5.73 Å². The molecule has 0 unspecified atom stereocenters. The van der Waals surface area contributed by atoms with E-state index in [0.29, 0.717) is 5.69 Å². The molecule has 2 rings (SSSR count). The summed E-state index contributed by atoms with van der Waals surface area (Å²) in [5, 5.41) is 7.46. The van der Waals surface area contributed by atoms with E-state index < -0.39 is 0 Å². The van der Waals surface area contributed by atoms with Gasteiger partial charge in [0.1, 0.15) is 5.52 Å². The topological polar surface area (TPSA) is 56.2 Å². The van der Waals surface area contributed by atoms with Gasteiger partial charge in [-0.25, -0.2) is 4.52 Å². The van der Waals surface area contributed by atoms with Gasteiger partial charge in [-0.2, -0.15) is 0 Å². The number of nitrogens with zero attached hydrogens (tertiary/aromatic N) is 3. The first-order valence-electron chi connectivity index (χ1n) is 2.92. The monoisotopic (exact) mass is 134 g/mol. The number of hydrogen-bond donors (Lipinski definition) is 1. The molecule has 0 atom stereocenters. The molecule has 2 heterocycles. The molecular weight excluding hydrogens is 128 g/mol. The van der Waals surface area contributed by atoms with Crippen molar-refractivity contribution in [2.45, 2.75) is 0 Å². The van der Waals surface area contributed by atoms with Crippen molar-refractivity contribution in [3.05, 3.63) is 24.5 Å². The fourth-order valence-corrected chi connectivity index (χ4v) is 0.874. The second-order valence-corrected chi connectivity index (χ2v) is 2.03. The number of fused-ring (bicyclic) bond motifs is 1. The zero-order valence-electron chi connectivity index (χ0n) is 5.23. The van der Waals surface area contributed by atoms with Crippen LogP contribution in [0.3, 0.4) is 0 Å². The summed E-state index contributed by atoms with van der Waals surface area (Å²) in [5.74, 6) is 0. The quantitative estimate of drug-likeness (QED) is 0.564. The number of nitrogens with two attached hydrogens (primary N) is 1. The third kappa shape index (κ3) is 0.556. The lowest BCUT2D eigenvalue weighted by atomic mass is 10.4. The van der Waals surface area contributed by atoms with Crippen LogP contribution in [0, 0.1) is 0 Å². The number of aromatic nitrogens is 3. The van der Waals surface area contributed by atoms with Crippen molar-refractivity contribution in [3.63, 3.8) is 0 Å². The average Bonchev–Trinajstić information content (AvgIpc) is 2.36. The van der Waals surface area contributed by atoms with Crippen molar-refractivity contribution < 1.29 is 0 Å². The lowest BCUT2D eigenvalue weighted by molar-refractivity contribution is 0.856. The molecule has 0 radical (unpaired) electrons. The third-order valence-electron chi connectivity index (χ3n) is 1.37. The number of hydrogen-bond acceptors (Lipinski definition) is 3. The van der Waals surface area contributed by atoms with Crippen molar-refractivity contribution in [1.29, 1.82) is 0 Å². The minimum atomic E-state index is 0.701. The normalized spacial score (nSPS) is 10.4. The number of rotatable bonds is 0. The summed E-state index contributed by atoms with van der Waals surface area (Å²) < 4.78 is 1.63. The van der Waals surface area contributed by atoms with Crippen LogP contribution in [-0.2, 0) is 0 Å². The SMILES string of the molecule is Nc1cccn2nncc12. The highest BCUT2D eigenvalue weighted by Crippen LogP contribution is 2.08. The minimum Gasteiger partial charge on any atom is -0.397 e. The molecule has 10 heavy (non-hydrogen) atoms. The van der Waals surface area contributed by atoms with Crippen molar-refractivity contribution in [1.82, 2.24) is 14.8 Å². The van der Waals surface area contributed by atoms with Gasteiger partial charge in [-0.15, -0.1) is 5.10 Å². The van der Waals surface area contributed by atoms with E-state index in [-0.39, 0.29) is 0 Å². The van der Waals surface area contributed by atoms with Crippen LogP contribution in [0.1, 0.15) is 0 Å². The first kappa shape index (κ1) is 5.22. The molecule has 4 nitrogen and oxygen atoms in total. The summed E-state index contributed by atoms with van der Waals surface area (Å²) in [7, 11) is 0. The smallest absolute Gasteiger partial charge is 0.109 e. The van der Waals surface area contributed by atoms with Crippen LogP contribution in [0.4, 0.5) is 5.69 Å². The summed E-state index contributed by atoms with van der Waals surface area (Å²) in [6.07, 6.45) is 3.44. The zero-order valence-corrected chi connectivity index (χ0v) is 5.23. The van der Waals surface area contributed by atoms with Crippen molar-refractivity contribution in [2.75, 3.05) is 5.73 Å². The highest BCUT2D eigenvalue weighted by atomic mass is 15.4. The van der Waals surface area contributed by atoms with E-state index in [1.165, 1.54) is 0 Å². The largest absolute Gasteiger partial charge is 0.397 e. The zero-order chi connectivity index (χ0) is 6.97. The molecule has 0 saturated carbocycles. The Morgan fingerprint density at radius 2 is 2.40 bits per heavy atom. The van der Waals surface area contributed by atoms with Gasteiger partial charge in [0.05, 0.1) is 11.9 Å². The predicted molar refractivity (Wildman–Crippen MR) is 37.4 cm³/mol. The maximum Gasteiger partial charge on any atom is 0.109 e. The Morgan fingerprint density at radius 1 is 1.50 bits per heavy atom. The van der Waals surface area contributed by atoms with Gasteiger partial charge in [0.25, 0.3) is 0 Å². The van der Waals surface area contributed by atoms with Gasteiger partial charge in [0, 0.05) is 6.20 Å². The maximum atomic E-state index is 5.60. The Bertz CT molecular complexity index is 351. The van der Waals surface area contributed by atoms with Crippen LogP contribution in [0.25, 0.3) is 5.52 Å². The van der Waals surface area contributed by atoms with Crippen molar-refractivity contribution in [3.8, 4) is 0 Å². The molecule has 0 bridgehead atoms. The summed E-state index contributed by atoms with van der Waals surface area (Å²) in [6.45, 7) is 0. The molecule has 0 saturated heterocycles. The standard InChI is InChI=1S/C6H6N4/c7-5-2-1-3-10-6(5)4-8-9-10/h1-4H,7H2. The van der Waals surface area contributed by atoms with Gasteiger partial charge >= 0.3 is 0 Å². The fraction of sp³-hybridized carbons (Fsp3) is 0. The lowest BCUT2D eigenvalue weighted by Gasteiger charge is -1.92. The lowest BCUT2D eigenvalue weighted by Crippen LogP contribution is -1.91. The average molecular weight is 134 g/mol. The van der Waals surface area contributed by atoms with Crippen LogP contribution in [0.5, 0.6) is 0 Å². The molecule has 0 amide bonds. The predicted octanol–water partition coefficient (Wildman–Crippen LogP) is 0.311. The van der Waals surface area contributed by atoms with E-state index in [0.717, 1.165) is 5.52 Å². The van der Waals surface area contributed by atoms with Gasteiger partial charge < -0.3 is 5.73 Å². The molecule has 2 aromatic heterocycles. The second-order valence-electron chi connectivity index (χ2n) is 2.03. The summed E-state index contributed by atoms with van der Waals surface area (Å²) in [6, 6.07) is 3.65. The highest BCUT2D eigenvalue weighted by Gasteiger charge is 1.95. The summed E-state index contributed by atoms with van der Waals surface area (Å²) in [5.41, 5.74) is 7.15. The van der Waals surface area contributed by atoms with E-state index in [1.54, 1.807) is 16.9 Å². The molecule has 0 aromatic carbocycles. The Labute approximate surface area is 57.3 Å². The first-order chi connectivity index (χ1) is 4.88. The number of pyridine rings is 1. The Kier molecular flexibility index (Phi) is 0.887. The van der Waals surface area contributed by atoms with Crippen LogP contribution in [0.2, 0.25) is 0 Å². The van der Waals surface area contributed by atoms with E-state index >= 15 is 0 Å². The van der Waals surface area contributed by atoms with Gasteiger partial charge in [0.15, 0.2) is 0 Å². The molecule has 50 valence electrons. The van der Waals surface area contributed by atoms with E-state index in [1.807, 2.05) is 12.1 Å². The minimum absolute atomic E-state index is 0.701.